The summed E-state index contributed by atoms with van der Waals surface area (Å²) in [6.07, 6.45) is 1.87. The second-order valence-electron chi connectivity index (χ2n) is 4.92. The summed E-state index contributed by atoms with van der Waals surface area (Å²) in [5, 5.41) is 0. The summed E-state index contributed by atoms with van der Waals surface area (Å²) in [7, 11) is 2.17. The highest BCUT2D eigenvalue weighted by atomic mass is 79.9. The van der Waals surface area contributed by atoms with Crippen LogP contribution >= 0.6 is 15.9 Å². The van der Waals surface area contributed by atoms with Crippen molar-refractivity contribution < 1.29 is 0 Å². The van der Waals surface area contributed by atoms with Crippen LogP contribution in [0.2, 0.25) is 0 Å². The molecule has 19 heavy (non-hydrogen) atoms. The van der Waals surface area contributed by atoms with E-state index >= 15 is 0 Å². The van der Waals surface area contributed by atoms with Crippen molar-refractivity contribution in [1.82, 2.24) is 9.80 Å². The van der Waals surface area contributed by atoms with E-state index in [0.29, 0.717) is 0 Å². The van der Waals surface area contributed by atoms with Crippen molar-refractivity contribution in [2.75, 3.05) is 52.0 Å². The second-order valence-corrected chi connectivity index (χ2v) is 5.78. The Balaban J connectivity index is 1.80. The van der Waals surface area contributed by atoms with Crippen LogP contribution in [0.25, 0.3) is 0 Å². The number of piperazine rings is 1. The van der Waals surface area contributed by atoms with Gasteiger partial charge >= 0.3 is 0 Å². The van der Waals surface area contributed by atoms with E-state index in [9.17, 15) is 0 Å². The summed E-state index contributed by atoms with van der Waals surface area (Å²) in [6.45, 7) is 6.44. The molecule has 0 bridgehead atoms. The molecule has 1 heterocycles. The lowest BCUT2D eigenvalue weighted by molar-refractivity contribution is 0.157. The van der Waals surface area contributed by atoms with Gasteiger partial charge in [0.2, 0.25) is 0 Å². The molecule has 0 atom stereocenters. The van der Waals surface area contributed by atoms with E-state index < -0.39 is 0 Å². The summed E-state index contributed by atoms with van der Waals surface area (Å²) < 4.78 is 0.996. The quantitative estimate of drug-likeness (QED) is 0.677. The Hall–Kier alpha value is -0.910. The second kappa shape index (κ2) is 7.03. The number of aliphatic imine (C=N–C) groups is 1. The van der Waals surface area contributed by atoms with Crippen molar-refractivity contribution >= 4 is 27.8 Å². The number of nitrogens with zero attached hydrogens (tertiary/aromatic N) is 3. The molecule has 0 radical (unpaired) electrons. The van der Waals surface area contributed by atoms with E-state index in [-0.39, 0.29) is 0 Å². The van der Waals surface area contributed by atoms with Crippen LogP contribution in [0.4, 0.5) is 5.69 Å². The van der Waals surface area contributed by atoms with Crippen molar-refractivity contribution in [2.45, 2.75) is 0 Å². The van der Waals surface area contributed by atoms with Crippen LogP contribution in [0.3, 0.4) is 0 Å². The number of anilines is 1. The van der Waals surface area contributed by atoms with E-state index in [1.807, 2.05) is 24.4 Å². The number of rotatable bonds is 4. The molecule has 0 amide bonds. The maximum absolute atomic E-state index is 5.92. The van der Waals surface area contributed by atoms with Gasteiger partial charge in [0.1, 0.15) is 0 Å². The van der Waals surface area contributed by atoms with Crippen LogP contribution in [-0.2, 0) is 0 Å². The molecule has 1 fully saturated rings. The van der Waals surface area contributed by atoms with Crippen molar-refractivity contribution in [2.24, 2.45) is 4.99 Å². The minimum atomic E-state index is 0.762. The van der Waals surface area contributed by atoms with Gasteiger partial charge in [0, 0.05) is 54.7 Å². The topological polar surface area (TPSA) is 44.9 Å². The number of likely N-dealkylation sites (N-methyl/N-ethyl adjacent to an activating group) is 1. The molecule has 1 aromatic carbocycles. The standard InChI is InChI=1S/C14H21BrN4/c1-18-7-9-19(10-8-18)6-5-17-11-12-13(15)3-2-4-14(12)16/h2-4,11H,5-10,16H2,1H3. The zero-order valence-electron chi connectivity index (χ0n) is 11.3. The van der Waals surface area contributed by atoms with Crippen LogP contribution in [0.1, 0.15) is 5.56 Å². The summed E-state index contributed by atoms with van der Waals surface area (Å²) >= 11 is 3.50. The molecule has 0 saturated carbocycles. The molecule has 1 aliphatic heterocycles. The third-order valence-corrected chi connectivity index (χ3v) is 4.14. The molecule has 0 spiro atoms. The average molecular weight is 325 g/mol. The Morgan fingerprint density at radius 2 is 2.05 bits per heavy atom. The van der Waals surface area contributed by atoms with Gasteiger partial charge < -0.3 is 10.6 Å². The van der Waals surface area contributed by atoms with Gasteiger partial charge in [-0.2, -0.15) is 0 Å². The lowest BCUT2D eigenvalue weighted by atomic mass is 10.2. The first kappa shape index (κ1) is 14.5. The van der Waals surface area contributed by atoms with Gasteiger partial charge in [0.25, 0.3) is 0 Å². The minimum absolute atomic E-state index is 0.762. The predicted octanol–water partition coefficient (Wildman–Crippen LogP) is 1.70. The van der Waals surface area contributed by atoms with Crippen molar-refractivity contribution in [3.63, 3.8) is 0 Å². The lowest BCUT2D eigenvalue weighted by Gasteiger charge is -2.31. The van der Waals surface area contributed by atoms with Crippen molar-refractivity contribution in [3.8, 4) is 0 Å². The summed E-state index contributed by atoms with van der Waals surface area (Å²) in [5.41, 5.74) is 7.66. The zero-order chi connectivity index (χ0) is 13.7. The molecule has 0 unspecified atom stereocenters. The SMILES string of the molecule is CN1CCN(CCN=Cc2c(N)cccc2Br)CC1. The Bertz CT molecular complexity index is 419. The molecule has 2 rings (SSSR count). The van der Waals surface area contributed by atoms with Crippen LogP contribution in [0.5, 0.6) is 0 Å². The third-order valence-electron chi connectivity index (χ3n) is 3.45. The molecule has 0 aromatic heterocycles. The predicted molar refractivity (Wildman–Crippen MR) is 85.0 cm³/mol. The number of halogens is 1. The van der Waals surface area contributed by atoms with Crippen molar-refractivity contribution in [1.29, 1.82) is 0 Å². The van der Waals surface area contributed by atoms with Gasteiger partial charge in [-0.25, -0.2) is 0 Å². The fraction of sp³-hybridized carbons (Fsp3) is 0.500. The van der Waals surface area contributed by atoms with Crippen LogP contribution in [-0.4, -0.2) is 62.3 Å². The maximum atomic E-state index is 5.92. The normalized spacial score (nSPS) is 18.2. The molecule has 1 aromatic rings. The molecule has 104 valence electrons. The van der Waals surface area contributed by atoms with Gasteiger partial charge in [-0.1, -0.05) is 22.0 Å². The lowest BCUT2D eigenvalue weighted by Crippen LogP contribution is -2.45. The van der Waals surface area contributed by atoms with E-state index in [2.05, 4.69) is 37.8 Å². The fourth-order valence-corrected chi connectivity index (χ4v) is 2.60. The maximum Gasteiger partial charge on any atom is 0.0517 e. The van der Waals surface area contributed by atoms with E-state index in [1.54, 1.807) is 0 Å². The van der Waals surface area contributed by atoms with Crippen molar-refractivity contribution in [3.05, 3.63) is 28.2 Å². The summed E-state index contributed by atoms with van der Waals surface area (Å²) in [5.74, 6) is 0. The number of hydrogen-bond acceptors (Lipinski definition) is 4. The molecular weight excluding hydrogens is 304 g/mol. The molecular formula is C14H21BrN4. The van der Waals surface area contributed by atoms with Gasteiger partial charge in [0.15, 0.2) is 0 Å². The zero-order valence-corrected chi connectivity index (χ0v) is 12.9. The monoisotopic (exact) mass is 324 g/mol. The molecule has 4 nitrogen and oxygen atoms in total. The third kappa shape index (κ3) is 4.30. The first-order valence-corrected chi connectivity index (χ1v) is 7.41. The first-order valence-electron chi connectivity index (χ1n) is 6.61. The van der Waals surface area contributed by atoms with Crippen LogP contribution in [0, 0.1) is 0 Å². The highest BCUT2D eigenvalue weighted by Gasteiger charge is 2.12. The van der Waals surface area contributed by atoms with Crippen LogP contribution in [0.15, 0.2) is 27.7 Å². The van der Waals surface area contributed by atoms with Gasteiger partial charge in [-0.3, -0.25) is 9.89 Å². The first-order chi connectivity index (χ1) is 9.16. The van der Waals surface area contributed by atoms with E-state index in [1.165, 1.54) is 0 Å². The fourth-order valence-electron chi connectivity index (χ4n) is 2.12. The number of benzene rings is 1. The largest absolute Gasteiger partial charge is 0.398 e. The highest BCUT2D eigenvalue weighted by molar-refractivity contribution is 9.10. The highest BCUT2D eigenvalue weighted by Crippen LogP contribution is 2.20. The molecule has 5 heteroatoms. The number of hydrogen-bond donors (Lipinski definition) is 1. The Morgan fingerprint density at radius 1 is 1.32 bits per heavy atom. The smallest absolute Gasteiger partial charge is 0.0517 e. The van der Waals surface area contributed by atoms with E-state index in [0.717, 1.165) is 55.0 Å². The Kier molecular flexibility index (Phi) is 5.36. The molecule has 0 aliphatic carbocycles. The Labute approximate surface area is 123 Å². The Morgan fingerprint density at radius 3 is 2.74 bits per heavy atom. The summed E-state index contributed by atoms with van der Waals surface area (Å²) in [4.78, 5) is 9.31. The molecule has 1 aliphatic rings. The van der Waals surface area contributed by atoms with Gasteiger partial charge in [0.05, 0.1) is 6.54 Å². The van der Waals surface area contributed by atoms with Gasteiger partial charge in [-0.15, -0.1) is 0 Å². The van der Waals surface area contributed by atoms with E-state index in [4.69, 9.17) is 5.73 Å². The van der Waals surface area contributed by atoms with Gasteiger partial charge in [-0.05, 0) is 19.2 Å². The number of nitrogen functional groups attached to an aromatic ring is 1. The molecule has 1 saturated heterocycles. The molecule has 2 N–H and O–H groups in total. The number of nitrogens with two attached hydrogens (primary N) is 1. The average Bonchev–Trinajstić information content (AvgIpc) is 2.39. The minimum Gasteiger partial charge on any atom is -0.398 e. The van der Waals surface area contributed by atoms with Crippen LogP contribution < -0.4 is 5.73 Å². The summed E-state index contributed by atoms with van der Waals surface area (Å²) in [6, 6.07) is 5.81.